The molecule has 3 nitrogen and oxygen atoms in total. The fraction of sp³-hybridized carbons (Fsp3) is 0.300. The predicted octanol–water partition coefficient (Wildman–Crippen LogP) is 1.73. The van der Waals surface area contributed by atoms with Gasteiger partial charge in [-0.15, -0.1) is 0 Å². The Kier molecular flexibility index (Phi) is 2.84. The van der Waals surface area contributed by atoms with Crippen LogP contribution >= 0.6 is 15.9 Å². The minimum absolute atomic E-state index is 0.0397. The van der Waals surface area contributed by atoms with Crippen molar-refractivity contribution in [2.75, 3.05) is 11.6 Å². The van der Waals surface area contributed by atoms with Crippen LogP contribution in [0.2, 0.25) is 0 Å². The van der Waals surface area contributed by atoms with Gasteiger partial charge in [-0.1, -0.05) is 12.1 Å². The molecule has 0 aliphatic carbocycles. The van der Waals surface area contributed by atoms with Crippen molar-refractivity contribution in [3.63, 3.8) is 0 Å². The molecule has 0 saturated carbocycles. The number of rotatable bonds is 2. The van der Waals surface area contributed by atoms with E-state index in [1.165, 1.54) is 0 Å². The van der Waals surface area contributed by atoms with Crippen molar-refractivity contribution in [2.45, 2.75) is 12.5 Å². The molecule has 0 aromatic heterocycles. The summed E-state index contributed by atoms with van der Waals surface area (Å²) < 4.78 is 1.04. The maximum Gasteiger partial charge on any atom is 0.138 e. The predicted molar refractivity (Wildman–Crippen MR) is 59.1 cm³/mol. The van der Waals surface area contributed by atoms with Crippen LogP contribution in [0.15, 0.2) is 28.7 Å². The van der Waals surface area contributed by atoms with Crippen molar-refractivity contribution < 1.29 is 4.79 Å². The molecule has 74 valence electrons. The van der Waals surface area contributed by atoms with Crippen LogP contribution in [0.3, 0.4) is 0 Å². The number of carbonyl (C=O) groups excluding carboxylic acids is 1. The molecule has 0 amide bonds. The number of nitrogens with zero attached hydrogens (tertiary/aromatic N) is 1. The van der Waals surface area contributed by atoms with Gasteiger partial charge in [0.15, 0.2) is 0 Å². The second-order valence-corrected chi connectivity index (χ2v) is 4.12. The minimum atomic E-state index is -0.0397. The van der Waals surface area contributed by atoms with Crippen LogP contribution in [0, 0.1) is 0 Å². The fourth-order valence-electron chi connectivity index (χ4n) is 1.56. The zero-order chi connectivity index (χ0) is 9.97. The molecule has 1 aliphatic rings. The summed E-state index contributed by atoms with van der Waals surface area (Å²) in [6.07, 6.45) is 1.82. The van der Waals surface area contributed by atoms with E-state index in [-0.39, 0.29) is 6.04 Å². The minimum Gasteiger partial charge on any atom is -0.307 e. The average molecular weight is 255 g/mol. The molecule has 0 bridgehead atoms. The quantitative estimate of drug-likeness (QED) is 0.817. The second-order valence-electron chi connectivity index (χ2n) is 3.26. The van der Waals surface area contributed by atoms with Crippen LogP contribution in [-0.4, -0.2) is 18.9 Å². The van der Waals surface area contributed by atoms with Gasteiger partial charge in [0.2, 0.25) is 0 Å². The molecule has 1 aromatic carbocycles. The normalized spacial score (nSPS) is 21.2. The van der Waals surface area contributed by atoms with Crippen LogP contribution < -0.4 is 10.4 Å². The number of hydrogen-bond donors (Lipinski definition) is 1. The van der Waals surface area contributed by atoms with Gasteiger partial charge in [0, 0.05) is 11.0 Å². The van der Waals surface area contributed by atoms with E-state index in [0.29, 0.717) is 0 Å². The lowest BCUT2D eigenvalue weighted by Crippen LogP contribution is -2.36. The van der Waals surface area contributed by atoms with E-state index < -0.39 is 0 Å². The average Bonchev–Trinajstić information content (AvgIpc) is 2.67. The van der Waals surface area contributed by atoms with Crippen LogP contribution in [-0.2, 0) is 4.79 Å². The first kappa shape index (κ1) is 9.68. The highest BCUT2D eigenvalue weighted by atomic mass is 79.9. The van der Waals surface area contributed by atoms with Crippen molar-refractivity contribution >= 4 is 27.9 Å². The second kappa shape index (κ2) is 4.11. The van der Waals surface area contributed by atoms with Crippen LogP contribution in [0.1, 0.15) is 6.42 Å². The lowest BCUT2D eigenvalue weighted by molar-refractivity contribution is -0.109. The number of para-hydroxylation sites is 1. The number of hydrogen-bond acceptors (Lipinski definition) is 3. The third kappa shape index (κ3) is 1.81. The number of hydrazine groups is 1. The summed E-state index contributed by atoms with van der Waals surface area (Å²) in [5.74, 6) is 0. The first-order chi connectivity index (χ1) is 6.81. The Labute approximate surface area is 91.2 Å². The zero-order valence-electron chi connectivity index (χ0n) is 7.61. The molecule has 1 fully saturated rings. The summed E-state index contributed by atoms with van der Waals surface area (Å²) in [7, 11) is 0. The molecule has 0 spiro atoms. The smallest absolute Gasteiger partial charge is 0.138 e. The van der Waals surface area contributed by atoms with Gasteiger partial charge in [-0.2, -0.15) is 0 Å². The van der Waals surface area contributed by atoms with Gasteiger partial charge in [-0.3, -0.25) is 0 Å². The molecule has 4 heteroatoms. The van der Waals surface area contributed by atoms with Crippen LogP contribution in [0.5, 0.6) is 0 Å². The molecule has 1 atom stereocenters. The molecule has 2 rings (SSSR count). The van der Waals surface area contributed by atoms with Crippen LogP contribution in [0.4, 0.5) is 5.69 Å². The summed E-state index contributed by atoms with van der Waals surface area (Å²) in [5.41, 5.74) is 4.21. The Balaban J connectivity index is 2.17. The lowest BCUT2D eigenvalue weighted by Gasteiger charge is -2.19. The molecule has 14 heavy (non-hydrogen) atoms. The van der Waals surface area contributed by atoms with E-state index >= 15 is 0 Å². The fourth-order valence-corrected chi connectivity index (χ4v) is 2.06. The molecule has 1 saturated heterocycles. The molecule has 1 heterocycles. The number of halogens is 1. The van der Waals surface area contributed by atoms with E-state index in [1.807, 2.05) is 29.3 Å². The first-order valence-electron chi connectivity index (χ1n) is 4.55. The van der Waals surface area contributed by atoms with Crippen molar-refractivity contribution in [3.8, 4) is 0 Å². The number of benzene rings is 1. The van der Waals surface area contributed by atoms with Crippen LogP contribution in [0.25, 0.3) is 0 Å². The SMILES string of the molecule is O=CC1CCN(c2ccccc2Br)N1. The summed E-state index contributed by atoms with van der Waals surface area (Å²) in [6, 6.07) is 7.92. The first-order valence-corrected chi connectivity index (χ1v) is 5.34. The number of anilines is 1. The Morgan fingerprint density at radius 3 is 2.93 bits per heavy atom. The van der Waals surface area contributed by atoms with Crippen molar-refractivity contribution in [3.05, 3.63) is 28.7 Å². The third-order valence-corrected chi connectivity index (χ3v) is 2.96. The van der Waals surface area contributed by atoms with Gasteiger partial charge in [0.1, 0.15) is 6.29 Å². The number of carbonyl (C=O) groups is 1. The Morgan fingerprint density at radius 2 is 2.29 bits per heavy atom. The molecule has 1 aliphatic heterocycles. The van der Waals surface area contributed by atoms with Gasteiger partial charge in [-0.05, 0) is 34.5 Å². The zero-order valence-corrected chi connectivity index (χ0v) is 9.20. The van der Waals surface area contributed by atoms with E-state index in [9.17, 15) is 4.79 Å². The maximum atomic E-state index is 10.6. The van der Waals surface area contributed by atoms with Crippen molar-refractivity contribution in [1.82, 2.24) is 5.43 Å². The highest BCUT2D eigenvalue weighted by Gasteiger charge is 2.22. The van der Waals surface area contributed by atoms with E-state index in [1.54, 1.807) is 0 Å². The highest BCUT2D eigenvalue weighted by Crippen LogP contribution is 2.26. The van der Waals surface area contributed by atoms with E-state index in [2.05, 4.69) is 21.4 Å². The third-order valence-electron chi connectivity index (χ3n) is 2.29. The van der Waals surface area contributed by atoms with E-state index in [4.69, 9.17) is 0 Å². The Morgan fingerprint density at radius 1 is 1.50 bits per heavy atom. The Bertz CT molecular complexity index is 343. The molecule has 1 N–H and O–H groups in total. The van der Waals surface area contributed by atoms with Crippen molar-refractivity contribution in [2.24, 2.45) is 0 Å². The molecule has 1 unspecified atom stereocenters. The largest absolute Gasteiger partial charge is 0.307 e. The van der Waals surface area contributed by atoms with Crippen molar-refractivity contribution in [1.29, 1.82) is 0 Å². The monoisotopic (exact) mass is 254 g/mol. The standard InChI is InChI=1S/C10H11BrN2O/c11-9-3-1-2-4-10(9)13-6-5-8(7-14)12-13/h1-4,7-8,12H,5-6H2. The van der Waals surface area contributed by atoms with Gasteiger partial charge in [-0.25, -0.2) is 5.43 Å². The summed E-state index contributed by atoms with van der Waals surface area (Å²) >= 11 is 3.48. The van der Waals surface area contributed by atoms with Gasteiger partial charge in [0.05, 0.1) is 11.7 Å². The molecular weight excluding hydrogens is 244 g/mol. The van der Waals surface area contributed by atoms with Gasteiger partial charge < -0.3 is 9.80 Å². The lowest BCUT2D eigenvalue weighted by atomic mass is 10.3. The van der Waals surface area contributed by atoms with Gasteiger partial charge in [0.25, 0.3) is 0 Å². The summed E-state index contributed by atoms with van der Waals surface area (Å²) in [5, 5.41) is 2.00. The van der Waals surface area contributed by atoms with Gasteiger partial charge >= 0.3 is 0 Å². The maximum absolute atomic E-state index is 10.6. The number of nitrogens with one attached hydrogen (secondary N) is 1. The highest BCUT2D eigenvalue weighted by molar-refractivity contribution is 9.10. The molecule has 0 radical (unpaired) electrons. The number of aldehydes is 1. The molecular formula is C10H11BrN2O. The summed E-state index contributed by atoms with van der Waals surface area (Å²) in [6.45, 7) is 0.867. The topological polar surface area (TPSA) is 32.3 Å². The van der Waals surface area contributed by atoms with E-state index in [0.717, 1.165) is 29.4 Å². The molecule has 1 aromatic rings. The Hall–Kier alpha value is -0.870. The summed E-state index contributed by atoms with van der Waals surface area (Å²) in [4.78, 5) is 10.6.